The lowest BCUT2D eigenvalue weighted by Crippen LogP contribution is -2.40. The van der Waals surface area contributed by atoms with Crippen molar-refractivity contribution in [3.8, 4) is 0 Å². The Kier molecular flexibility index (Phi) is 5.81. The summed E-state index contributed by atoms with van der Waals surface area (Å²) in [5.74, 6) is -3.13. The van der Waals surface area contributed by atoms with Crippen molar-refractivity contribution >= 4 is 17.7 Å². The van der Waals surface area contributed by atoms with Crippen molar-refractivity contribution in [1.29, 1.82) is 0 Å². The Bertz CT molecular complexity index is 975. The number of ketones is 1. The van der Waals surface area contributed by atoms with Gasteiger partial charge in [-0.05, 0) is 50.5 Å². The summed E-state index contributed by atoms with van der Waals surface area (Å²) in [6.45, 7) is 3.97. The van der Waals surface area contributed by atoms with E-state index < -0.39 is 29.3 Å². The van der Waals surface area contributed by atoms with Gasteiger partial charge in [0.05, 0.1) is 18.2 Å². The maximum atomic E-state index is 13.9. The highest BCUT2D eigenvalue weighted by Crippen LogP contribution is 2.26. The Morgan fingerprint density at radius 1 is 1.14 bits per heavy atom. The fraction of sp³-hybridized carbons (Fsp3) is 0.381. The van der Waals surface area contributed by atoms with E-state index in [2.05, 4.69) is 4.98 Å². The van der Waals surface area contributed by atoms with E-state index in [1.54, 1.807) is 18.7 Å². The van der Waals surface area contributed by atoms with Crippen LogP contribution in [0.3, 0.4) is 0 Å². The van der Waals surface area contributed by atoms with Crippen LogP contribution in [0.1, 0.15) is 55.3 Å². The number of aromatic nitrogens is 1. The van der Waals surface area contributed by atoms with Crippen molar-refractivity contribution in [1.82, 2.24) is 9.88 Å². The summed E-state index contributed by atoms with van der Waals surface area (Å²) in [6, 6.07) is 2.82. The molecule has 1 amide bonds. The van der Waals surface area contributed by atoms with Gasteiger partial charge in [-0.15, -0.1) is 0 Å². The number of esters is 1. The number of methoxy groups -OCH3 is 1. The van der Waals surface area contributed by atoms with Crippen LogP contribution in [0.15, 0.2) is 18.2 Å². The normalized spacial score (nSPS) is 14.7. The summed E-state index contributed by atoms with van der Waals surface area (Å²) in [5.41, 5.74) is 1.45. The molecule has 0 atom stereocenters. The molecule has 0 bridgehead atoms. The van der Waals surface area contributed by atoms with Gasteiger partial charge < -0.3 is 14.6 Å². The van der Waals surface area contributed by atoms with E-state index in [1.165, 1.54) is 7.11 Å². The number of Topliss-reactive ketones (excluding diaryl/α,β-unsaturated/α-hetero) is 1. The number of rotatable bonds is 4. The van der Waals surface area contributed by atoms with Crippen molar-refractivity contribution < 1.29 is 27.9 Å². The molecule has 1 saturated heterocycles. The number of carbonyl (C=O) groups is 3. The van der Waals surface area contributed by atoms with Crippen LogP contribution in [-0.2, 0) is 4.74 Å². The Morgan fingerprint density at radius 2 is 1.79 bits per heavy atom. The van der Waals surface area contributed by atoms with Crippen LogP contribution in [0, 0.1) is 31.4 Å². The van der Waals surface area contributed by atoms with Gasteiger partial charge in [0.15, 0.2) is 5.78 Å². The predicted octanol–water partition coefficient (Wildman–Crippen LogP) is 3.43. The first-order valence-corrected chi connectivity index (χ1v) is 9.30. The molecule has 8 heteroatoms. The summed E-state index contributed by atoms with van der Waals surface area (Å²) in [6.07, 6.45) is 0.701. The summed E-state index contributed by atoms with van der Waals surface area (Å²) in [7, 11) is 1.28. The molecule has 2 heterocycles. The fourth-order valence-corrected chi connectivity index (χ4v) is 3.78. The summed E-state index contributed by atoms with van der Waals surface area (Å²) >= 11 is 0. The summed E-state index contributed by atoms with van der Waals surface area (Å²) in [4.78, 5) is 41.9. The number of benzene rings is 1. The van der Waals surface area contributed by atoms with Crippen LogP contribution >= 0.6 is 0 Å². The number of aromatic amines is 1. The zero-order valence-electron chi connectivity index (χ0n) is 16.5. The Hall–Kier alpha value is -3.03. The van der Waals surface area contributed by atoms with E-state index in [0.717, 1.165) is 18.2 Å². The number of likely N-dealkylation sites (tertiary alicyclic amines) is 1. The highest BCUT2D eigenvalue weighted by Gasteiger charge is 2.32. The molecule has 1 fully saturated rings. The first-order valence-electron chi connectivity index (χ1n) is 9.30. The van der Waals surface area contributed by atoms with E-state index in [-0.39, 0.29) is 11.5 Å². The topological polar surface area (TPSA) is 79.5 Å². The maximum Gasteiger partial charge on any atom is 0.339 e. The van der Waals surface area contributed by atoms with E-state index in [4.69, 9.17) is 4.74 Å². The average Bonchev–Trinajstić information content (AvgIpc) is 3.02. The third-order valence-electron chi connectivity index (χ3n) is 5.39. The fourth-order valence-electron chi connectivity index (χ4n) is 3.78. The van der Waals surface area contributed by atoms with E-state index >= 15 is 0 Å². The van der Waals surface area contributed by atoms with Gasteiger partial charge in [0.25, 0.3) is 5.91 Å². The zero-order valence-corrected chi connectivity index (χ0v) is 16.5. The van der Waals surface area contributed by atoms with Crippen LogP contribution in [0.5, 0.6) is 0 Å². The number of H-pyrrole nitrogens is 1. The van der Waals surface area contributed by atoms with Gasteiger partial charge in [0, 0.05) is 24.7 Å². The molecule has 1 aliphatic rings. The molecule has 2 aromatic rings. The molecule has 1 N–H and O–H groups in total. The van der Waals surface area contributed by atoms with Crippen molar-refractivity contribution in [2.75, 3.05) is 20.2 Å². The van der Waals surface area contributed by atoms with Crippen molar-refractivity contribution in [2.24, 2.45) is 5.92 Å². The van der Waals surface area contributed by atoms with E-state index in [0.29, 0.717) is 48.4 Å². The molecule has 0 radical (unpaired) electrons. The predicted molar refractivity (Wildman–Crippen MR) is 101 cm³/mol. The highest BCUT2D eigenvalue weighted by molar-refractivity contribution is 6.01. The number of hydrogen-bond acceptors (Lipinski definition) is 4. The molecule has 1 aromatic carbocycles. The van der Waals surface area contributed by atoms with Gasteiger partial charge in [0.1, 0.15) is 17.3 Å². The Morgan fingerprint density at radius 3 is 2.41 bits per heavy atom. The number of halogens is 2. The molecule has 1 aromatic heterocycles. The minimum atomic E-state index is -0.747. The number of aryl methyl sites for hydroxylation is 1. The van der Waals surface area contributed by atoms with Crippen LogP contribution in [0.4, 0.5) is 8.78 Å². The number of piperidine rings is 1. The molecule has 1 aliphatic heterocycles. The van der Waals surface area contributed by atoms with Crippen molar-refractivity contribution in [2.45, 2.75) is 26.7 Å². The quantitative estimate of drug-likeness (QED) is 0.626. The highest BCUT2D eigenvalue weighted by atomic mass is 19.1. The minimum Gasteiger partial charge on any atom is -0.465 e. The standard InChI is InChI=1S/C21H22F2N2O4/c1-11-17(21(28)29-3)12(2)24-18(11)20(27)25-8-6-13(7-9-25)19(26)15-10-14(22)4-5-16(15)23/h4-5,10,13,24H,6-9H2,1-3H3. The molecular formula is C21H22F2N2O4. The second-order valence-corrected chi connectivity index (χ2v) is 7.17. The second kappa shape index (κ2) is 8.14. The Labute approximate surface area is 166 Å². The average molecular weight is 404 g/mol. The number of carbonyl (C=O) groups excluding carboxylic acids is 3. The summed E-state index contributed by atoms with van der Waals surface area (Å²) in [5, 5.41) is 0. The van der Waals surface area contributed by atoms with Gasteiger partial charge in [-0.3, -0.25) is 9.59 Å². The van der Waals surface area contributed by atoms with E-state index in [1.807, 2.05) is 0 Å². The van der Waals surface area contributed by atoms with Crippen LogP contribution in [0.25, 0.3) is 0 Å². The molecule has 0 aliphatic carbocycles. The van der Waals surface area contributed by atoms with Gasteiger partial charge in [-0.25, -0.2) is 13.6 Å². The molecule has 29 heavy (non-hydrogen) atoms. The molecule has 0 saturated carbocycles. The SMILES string of the molecule is COC(=O)c1c(C)[nH]c(C(=O)N2CCC(C(=O)c3cc(F)ccc3F)CC2)c1C. The first kappa shape index (κ1) is 20.7. The number of ether oxygens (including phenoxy) is 1. The van der Waals surface area contributed by atoms with Gasteiger partial charge in [0.2, 0.25) is 0 Å². The van der Waals surface area contributed by atoms with Crippen molar-refractivity contribution in [3.05, 3.63) is 57.9 Å². The number of nitrogens with one attached hydrogen (secondary N) is 1. The monoisotopic (exact) mass is 404 g/mol. The lowest BCUT2D eigenvalue weighted by Gasteiger charge is -2.31. The van der Waals surface area contributed by atoms with Gasteiger partial charge >= 0.3 is 5.97 Å². The van der Waals surface area contributed by atoms with Crippen LogP contribution in [0.2, 0.25) is 0 Å². The number of hydrogen-bond donors (Lipinski definition) is 1. The molecular weight excluding hydrogens is 382 g/mol. The Balaban J connectivity index is 1.71. The smallest absolute Gasteiger partial charge is 0.339 e. The molecule has 0 unspecified atom stereocenters. The zero-order chi connectivity index (χ0) is 21.3. The molecule has 0 spiro atoms. The molecule has 6 nitrogen and oxygen atoms in total. The van der Waals surface area contributed by atoms with Crippen molar-refractivity contribution in [3.63, 3.8) is 0 Å². The second-order valence-electron chi connectivity index (χ2n) is 7.17. The van der Waals surface area contributed by atoms with Gasteiger partial charge in [-0.1, -0.05) is 0 Å². The van der Waals surface area contributed by atoms with Crippen LogP contribution in [-0.4, -0.2) is 47.7 Å². The van der Waals surface area contributed by atoms with Gasteiger partial charge in [-0.2, -0.15) is 0 Å². The largest absolute Gasteiger partial charge is 0.465 e. The van der Waals surface area contributed by atoms with Crippen LogP contribution < -0.4 is 0 Å². The maximum absolute atomic E-state index is 13.9. The third kappa shape index (κ3) is 3.92. The lowest BCUT2D eigenvalue weighted by atomic mass is 9.88. The minimum absolute atomic E-state index is 0.256. The molecule has 154 valence electrons. The van der Waals surface area contributed by atoms with E-state index in [9.17, 15) is 23.2 Å². The number of amides is 1. The summed E-state index contributed by atoms with van der Waals surface area (Å²) < 4.78 is 32.0. The molecule has 3 rings (SSSR count). The lowest BCUT2D eigenvalue weighted by molar-refractivity contribution is 0.0599. The first-order chi connectivity index (χ1) is 13.7. The third-order valence-corrected chi connectivity index (χ3v) is 5.39. The number of nitrogens with zero attached hydrogens (tertiary/aromatic N) is 1.